The van der Waals surface area contributed by atoms with E-state index in [1.165, 1.54) is 0 Å². The van der Waals surface area contributed by atoms with Crippen LogP contribution in [0.25, 0.3) is 17.3 Å². The normalized spacial score (nSPS) is 17.8. The summed E-state index contributed by atoms with van der Waals surface area (Å²) in [5.41, 5.74) is 0.855. The maximum Gasteiger partial charge on any atom is 0.234 e. The summed E-state index contributed by atoms with van der Waals surface area (Å²) in [5, 5.41) is 7.42. The third-order valence-corrected chi connectivity index (χ3v) is 7.14. The van der Waals surface area contributed by atoms with Crippen LogP contribution in [0.2, 0.25) is 0 Å². The van der Waals surface area contributed by atoms with Gasteiger partial charge in [-0.2, -0.15) is 0 Å². The number of para-hydroxylation sites is 1. The van der Waals surface area contributed by atoms with Crippen LogP contribution in [0.15, 0.2) is 53.1 Å². The van der Waals surface area contributed by atoms with Crippen molar-refractivity contribution in [2.75, 3.05) is 25.1 Å². The van der Waals surface area contributed by atoms with Gasteiger partial charge in [-0.25, -0.2) is 13.1 Å². The minimum atomic E-state index is -3.04. The first-order chi connectivity index (χ1) is 14.8. The number of hydrogen-bond donors (Lipinski definition) is 1. The molecule has 9 nitrogen and oxygen atoms in total. The molecule has 0 saturated carbocycles. The van der Waals surface area contributed by atoms with E-state index in [-0.39, 0.29) is 36.7 Å². The summed E-state index contributed by atoms with van der Waals surface area (Å²) in [6.45, 7) is 0.370. The van der Waals surface area contributed by atoms with Crippen LogP contribution in [0.5, 0.6) is 0 Å². The van der Waals surface area contributed by atoms with E-state index in [2.05, 4.69) is 10.4 Å². The molecule has 1 saturated heterocycles. The molecular formula is C20H23N5O4S2. The molecule has 1 aromatic carbocycles. The number of nitrogens with one attached hydrogen (secondary N) is 1. The van der Waals surface area contributed by atoms with Gasteiger partial charge in [0.1, 0.15) is 0 Å². The van der Waals surface area contributed by atoms with Crippen LogP contribution in [-0.4, -0.2) is 64.7 Å². The van der Waals surface area contributed by atoms with Gasteiger partial charge in [0.15, 0.2) is 15.6 Å². The Balaban J connectivity index is 1.51. The standard InChI is InChI=1S/C20H23N5O4S2/c1-23(12-18(26)21-15-9-11-31(27,28)13-15)14-24-20(30)25(16-6-3-2-4-7-16)19(22-24)17-8-5-10-29-17/h2-8,10,15H,9,11-14H2,1H3,(H,21,26). The van der Waals surface area contributed by atoms with E-state index < -0.39 is 9.84 Å². The van der Waals surface area contributed by atoms with E-state index >= 15 is 0 Å². The third-order valence-electron chi connectivity index (χ3n) is 4.98. The van der Waals surface area contributed by atoms with Crippen molar-refractivity contribution in [2.45, 2.75) is 19.1 Å². The van der Waals surface area contributed by atoms with E-state index in [0.717, 1.165) is 5.69 Å². The number of aromatic nitrogens is 3. The molecular weight excluding hydrogens is 438 g/mol. The van der Waals surface area contributed by atoms with Crippen molar-refractivity contribution in [3.05, 3.63) is 53.5 Å². The average molecular weight is 462 g/mol. The summed E-state index contributed by atoms with van der Waals surface area (Å²) in [7, 11) is -1.26. The number of amides is 1. The highest BCUT2D eigenvalue weighted by atomic mass is 32.2. The van der Waals surface area contributed by atoms with E-state index in [0.29, 0.717) is 22.8 Å². The number of rotatable bonds is 7. The fraction of sp³-hybridized carbons (Fsp3) is 0.350. The van der Waals surface area contributed by atoms with Crippen molar-refractivity contribution >= 4 is 28.0 Å². The number of sulfone groups is 1. The van der Waals surface area contributed by atoms with E-state index in [1.54, 1.807) is 29.0 Å². The van der Waals surface area contributed by atoms with E-state index in [4.69, 9.17) is 16.6 Å². The van der Waals surface area contributed by atoms with Crippen LogP contribution in [0.1, 0.15) is 6.42 Å². The van der Waals surface area contributed by atoms with Gasteiger partial charge >= 0.3 is 0 Å². The molecule has 2 aromatic heterocycles. The smallest absolute Gasteiger partial charge is 0.234 e. The van der Waals surface area contributed by atoms with Crippen LogP contribution in [0.4, 0.5) is 0 Å². The Bertz CT molecular complexity index is 1220. The Morgan fingerprint density at radius 1 is 1.29 bits per heavy atom. The highest BCUT2D eigenvalue weighted by Crippen LogP contribution is 2.23. The molecule has 0 bridgehead atoms. The molecule has 3 aromatic rings. The molecule has 164 valence electrons. The molecule has 1 aliphatic rings. The van der Waals surface area contributed by atoms with Gasteiger partial charge < -0.3 is 9.73 Å². The van der Waals surface area contributed by atoms with Crippen LogP contribution in [-0.2, 0) is 21.3 Å². The molecule has 0 aliphatic carbocycles. The molecule has 11 heteroatoms. The van der Waals surface area contributed by atoms with Gasteiger partial charge in [0.05, 0.1) is 36.7 Å². The van der Waals surface area contributed by atoms with Gasteiger partial charge in [0.25, 0.3) is 0 Å². The molecule has 1 aliphatic heterocycles. The lowest BCUT2D eigenvalue weighted by atomic mass is 10.2. The molecule has 4 rings (SSSR count). The Morgan fingerprint density at radius 2 is 2.06 bits per heavy atom. The number of furan rings is 1. The zero-order valence-electron chi connectivity index (χ0n) is 17.0. The Hall–Kier alpha value is -2.76. The number of hydrogen-bond acceptors (Lipinski definition) is 7. The Labute approximate surface area is 185 Å². The van der Waals surface area contributed by atoms with Crippen molar-refractivity contribution in [2.24, 2.45) is 0 Å². The summed E-state index contributed by atoms with van der Waals surface area (Å²) in [6.07, 6.45) is 2.03. The van der Waals surface area contributed by atoms with Gasteiger partial charge in [-0.05, 0) is 50.0 Å². The second kappa shape index (κ2) is 8.77. The highest BCUT2D eigenvalue weighted by Gasteiger charge is 2.29. The lowest BCUT2D eigenvalue weighted by molar-refractivity contribution is -0.122. The number of carbonyl (C=O) groups is 1. The predicted molar refractivity (Wildman–Crippen MR) is 118 cm³/mol. The molecule has 0 radical (unpaired) electrons. The SMILES string of the molecule is CN(CC(=O)NC1CCS(=O)(=O)C1)Cn1nc(-c2ccco2)n(-c2ccccc2)c1=S. The molecule has 1 fully saturated rings. The monoisotopic (exact) mass is 461 g/mol. The molecule has 1 atom stereocenters. The van der Waals surface area contributed by atoms with Crippen molar-refractivity contribution in [3.63, 3.8) is 0 Å². The van der Waals surface area contributed by atoms with Crippen LogP contribution in [0.3, 0.4) is 0 Å². The topological polar surface area (TPSA) is 102 Å². The van der Waals surface area contributed by atoms with Crippen LogP contribution in [0, 0.1) is 4.77 Å². The van der Waals surface area contributed by atoms with Crippen molar-refractivity contribution < 1.29 is 17.6 Å². The lowest BCUT2D eigenvalue weighted by Gasteiger charge is -2.18. The first kappa shape index (κ1) is 21.5. The molecule has 0 spiro atoms. The summed E-state index contributed by atoms with van der Waals surface area (Å²) in [4.78, 5) is 14.1. The summed E-state index contributed by atoms with van der Waals surface area (Å²) in [6, 6.07) is 12.9. The lowest BCUT2D eigenvalue weighted by Crippen LogP contribution is -2.42. The van der Waals surface area contributed by atoms with Gasteiger partial charge in [-0.1, -0.05) is 18.2 Å². The largest absolute Gasteiger partial charge is 0.461 e. The van der Waals surface area contributed by atoms with Crippen molar-refractivity contribution in [3.8, 4) is 17.3 Å². The fourth-order valence-corrected chi connectivity index (χ4v) is 5.54. The summed E-state index contributed by atoms with van der Waals surface area (Å²) >= 11 is 5.67. The van der Waals surface area contributed by atoms with Gasteiger partial charge in [0, 0.05) is 6.04 Å². The third kappa shape index (κ3) is 4.94. The first-order valence-electron chi connectivity index (χ1n) is 9.80. The molecule has 1 amide bonds. The van der Waals surface area contributed by atoms with Crippen LogP contribution >= 0.6 is 12.2 Å². The van der Waals surface area contributed by atoms with Gasteiger partial charge in [-0.3, -0.25) is 14.3 Å². The Morgan fingerprint density at radius 3 is 2.71 bits per heavy atom. The summed E-state index contributed by atoms with van der Waals surface area (Å²) < 4.78 is 32.6. The Kier molecular flexibility index (Phi) is 6.08. The maximum absolute atomic E-state index is 12.4. The van der Waals surface area contributed by atoms with Gasteiger partial charge in [-0.15, -0.1) is 5.10 Å². The van der Waals surface area contributed by atoms with Crippen molar-refractivity contribution in [1.82, 2.24) is 24.6 Å². The predicted octanol–water partition coefficient (Wildman–Crippen LogP) is 1.86. The number of carbonyl (C=O) groups excluding carboxylic acids is 1. The second-order valence-electron chi connectivity index (χ2n) is 7.58. The molecule has 1 N–H and O–H groups in total. The summed E-state index contributed by atoms with van der Waals surface area (Å²) in [5.74, 6) is 1.04. The first-order valence-corrected chi connectivity index (χ1v) is 12.0. The number of nitrogens with zero attached hydrogens (tertiary/aromatic N) is 4. The minimum absolute atomic E-state index is 0.00149. The number of likely N-dealkylation sites (N-methyl/N-ethyl adjacent to an activating group) is 1. The fourth-order valence-electron chi connectivity index (χ4n) is 3.58. The van der Waals surface area contributed by atoms with Crippen molar-refractivity contribution in [1.29, 1.82) is 0 Å². The zero-order chi connectivity index (χ0) is 22.0. The van der Waals surface area contributed by atoms with Crippen LogP contribution < -0.4 is 5.32 Å². The molecule has 31 heavy (non-hydrogen) atoms. The zero-order valence-corrected chi connectivity index (χ0v) is 18.6. The van der Waals surface area contributed by atoms with E-state index in [9.17, 15) is 13.2 Å². The maximum atomic E-state index is 12.4. The number of benzene rings is 1. The minimum Gasteiger partial charge on any atom is -0.461 e. The molecule has 1 unspecified atom stereocenters. The quantitative estimate of drug-likeness (QED) is 0.536. The average Bonchev–Trinajstić information content (AvgIpc) is 3.43. The van der Waals surface area contributed by atoms with E-state index in [1.807, 2.05) is 41.0 Å². The highest BCUT2D eigenvalue weighted by molar-refractivity contribution is 7.91. The molecule has 3 heterocycles. The second-order valence-corrected chi connectivity index (χ2v) is 10.2. The van der Waals surface area contributed by atoms with Gasteiger partial charge in [0.2, 0.25) is 16.5 Å².